The van der Waals surface area contributed by atoms with Crippen LogP contribution in [-0.2, 0) is 6.18 Å². The first kappa shape index (κ1) is 20.2. The number of aromatic carboxylic acids is 1. The molecule has 158 valence electrons. The number of likely N-dealkylation sites (tertiary alicyclic amines) is 1. The summed E-state index contributed by atoms with van der Waals surface area (Å²) in [6.45, 7) is 0.878. The molecule has 2 unspecified atom stereocenters. The van der Waals surface area contributed by atoms with Gasteiger partial charge in [0.05, 0.1) is 11.3 Å². The molecule has 1 aliphatic heterocycles. The highest BCUT2D eigenvalue weighted by Crippen LogP contribution is 2.48. The van der Waals surface area contributed by atoms with Crippen molar-refractivity contribution >= 4 is 17.7 Å². The summed E-state index contributed by atoms with van der Waals surface area (Å²) < 4.78 is 40.0. The third-order valence-corrected chi connectivity index (χ3v) is 6.04. The van der Waals surface area contributed by atoms with Gasteiger partial charge in [-0.3, -0.25) is 4.98 Å². The van der Waals surface area contributed by atoms with Gasteiger partial charge in [0, 0.05) is 25.5 Å². The summed E-state index contributed by atoms with van der Waals surface area (Å²) in [4.78, 5) is 29.2. The number of anilines is 1. The molecule has 2 aliphatic rings. The van der Waals surface area contributed by atoms with E-state index in [0.717, 1.165) is 6.07 Å². The maximum Gasteiger partial charge on any atom is 0.416 e. The van der Waals surface area contributed by atoms with E-state index in [-0.39, 0.29) is 29.0 Å². The lowest BCUT2D eigenvalue weighted by molar-refractivity contribution is -0.138. The predicted octanol–water partition coefficient (Wildman–Crippen LogP) is 4.46. The smallest absolute Gasteiger partial charge is 0.416 e. The van der Waals surface area contributed by atoms with E-state index >= 15 is 0 Å². The van der Waals surface area contributed by atoms with Crippen LogP contribution < -0.4 is 5.32 Å². The largest absolute Gasteiger partial charge is 0.478 e. The molecule has 6 nitrogen and oxygen atoms in total. The molecule has 1 aromatic heterocycles. The minimum absolute atomic E-state index is 0.103. The summed E-state index contributed by atoms with van der Waals surface area (Å²) in [5, 5.41) is 11.8. The fourth-order valence-electron chi connectivity index (χ4n) is 4.70. The molecule has 2 fully saturated rings. The van der Waals surface area contributed by atoms with Gasteiger partial charge in [-0.25, -0.2) is 9.59 Å². The van der Waals surface area contributed by atoms with E-state index in [2.05, 4.69) is 10.3 Å². The van der Waals surface area contributed by atoms with Crippen molar-refractivity contribution in [2.45, 2.75) is 24.9 Å². The molecular weight excluding hydrogens is 399 g/mol. The Morgan fingerprint density at radius 2 is 1.77 bits per heavy atom. The van der Waals surface area contributed by atoms with Gasteiger partial charge in [0.1, 0.15) is 5.56 Å². The fraction of sp³-hybridized carbons (Fsp3) is 0.381. The number of hydrogen-bond acceptors (Lipinski definition) is 3. The molecule has 9 heteroatoms. The van der Waals surface area contributed by atoms with Gasteiger partial charge in [0.15, 0.2) is 0 Å². The highest BCUT2D eigenvalue weighted by Gasteiger charge is 2.45. The van der Waals surface area contributed by atoms with Gasteiger partial charge in [-0.05, 0) is 48.3 Å². The Morgan fingerprint density at radius 1 is 1.10 bits per heavy atom. The van der Waals surface area contributed by atoms with E-state index in [0.29, 0.717) is 31.5 Å². The summed E-state index contributed by atoms with van der Waals surface area (Å²) in [5.41, 5.74) is -0.188. The van der Waals surface area contributed by atoms with Crippen LogP contribution in [0.25, 0.3) is 0 Å². The number of pyridine rings is 1. The quantitative estimate of drug-likeness (QED) is 0.770. The number of fused-ring (bicyclic) bond motifs is 1. The molecule has 2 aromatic rings. The minimum Gasteiger partial charge on any atom is -0.478 e. The Hall–Kier alpha value is -3.10. The number of carboxylic acid groups (broad SMARTS) is 1. The van der Waals surface area contributed by atoms with Crippen LogP contribution in [0.2, 0.25) is 0 Å². The zero-order valence-corrected chi connectivity index (χ0v) is 15.9. The van der Waals surface area contributed by atoms with Crippen molar-refractivity contribution in [1.29, 1.82) is 0 Å². The number of hydrogen-bond donors (Lipinski definition) is 2. The Bertz CT molecular complexity index is 965. The highest BCUT2D eigenvalue weighted by atomic mass is 19.4. The lowest BCUT2D eigenvalue weighted by Crippen LogP contribution is -2.34. The van der Waals surface area contributed by atoms with Gasteiger partial charge in [-0.1, -0.05) is 18.2 Å². The van der Waals surface area contributed by atoms with Crippen LogP contribution in [0, 0.1) is 11.8 Å². The molecular formula is C21H20F3N3O3. The predicted molar refractivity (Wildman–Crippen MR) is 102 cm³/mol. The second-order valence-electron chi connectivity index (χ2n) is 7.84. The number of amides is 2. The second kappa shape index (κ2) is 7.62. The van der Waals surface area contributed by atoms with Crippen molar-refractivity contribution in [1.82, 2.24) is 9.88 Å². The molecule has 1 saturated heterocycles. The Morgan fingerprint density at radius 3 is 2.40 bits per heavy atom. The molecule has 1 saturated carbocycles. The SMILES string of the molecule is O=C(O)c1cnccc1NC(=O)N1CC2CC(c3ccccc3C(F)(F)F)CC2C1. The molecule has 2 heterocycles. The number of carboxylic acids is 1. The van der Waals surface area contributed by atoms with Gasteiger partial charge >= 0.3 is 18.2 Å². The summed E-state index contributed by atoms with van der Waals surface area (Å²) in [5.74, 6) is -1.12. The first-order chi connectivity index (χ1) is 14.2. The Balaban J connectivity index is 1.42. The van der Waals surface area contributed by atoms with Crippen LogP contribution >= 0.6 is 0 Å². The van der Waals surface area contributed by atoms with Gasteiger partial charge in [0.2, 0.25) is 0 Å². The molecule has 0 spiro atoms. The lowest BCUT2D eigenvalue weighted by Gasteiger charge is -2.22. The monoisotopic (exact) mass is 419 g/mol. The van der Waals surface area contributed by atoms with Crippen LogP contribution in [0.15, 0.2) is 42.7 Å². The standard InChI is InChI=1S/C21H20F3N3O3/c22-21(23,24)17-4-2-1-3-15(17)12-7-13-10-27(11-14(13)8-12)20(30)26-18-5-6-25-9-16(18)19(28)29/h1-6,9,12-14H,7-8,10-11H2,(H,28,29)(H,25,26,30). The number of benzene rings is 1. The fourth-order valence-corrected chi connectivity index (χ4v) is 4.70. The topological polar surface area (TPSA) is 82.5 Å². The molecule has 2 atom stereocenters. The average Bonchev–Trinajstić information content (AvgIpc) is 3.27. The molecule has 0 bridgehead atoms. The van der Waals surface area contributed by atoms with Crippen molar-refractivity contribution in [2.75, 3.05) is 18.4 Å². The van der Waals surface area contributed by atoms with E-state index in [9.17, 15) is 27.9 Å². The number of urea groups is 1. The molecule has 0 radical (unpaired) electrons. The zero-order valence-electron chi connectivity index (χ0n) is 15.9. The summed E-state index contributed by atoms with van der Waals surface area (Å²) >= 11 is 0. The molecule has 2 N–H and O–H groups in total. The maximum absolute atomic E-state index is 13.3. The van der Waals surface area contributed by atoms with Crippen LogP contribution in [0.1, 0.15) is 40.2 Å². The number of nitrogens with one attached hydrogen (secondary N) is 1. The number of halogens is 3. The normalized spacial score (nSPS) is 23.3. The molecule has 1 aromatic carbocycles. The zero-order chi connectivity index (χ0) is 21.5. The number of carbonyl (C=O) groups excluding carboxylic acids is 1. The van der Waals surface area contributed by atoms with Crippen LogP contribution in [-0.4, -0.2) is 40.1 Å². The Kier molecular flexibility index (Phi) is 5.13. The van der Waals surface area contributed by atoms with E-state index < -0.39 is 23.7 Å². The van der Waals surface area contributed by atoms with Gasteiger partial charge in [-0.2, -0.15) is 13.2 Å². The summed E-state index contributed by atoms with van der Waals surface area (Å²) in [6.07, 6.45) is -0.635. The molecule has 1 aliphatic carbocycles. The third kappa shape index (κ3) is 3.83. The van der Waals surface area contributed by atoms with Gasteiger partial charge in [0.25, 0.3) is 0 Å². The number of alkyl halides is 3. The van der Waals surface area contributed by atoms with Crippen LogP contribution in [0.3, 0.4) is 0 Å². The first-order valence-corrected chi connectivity index (χ1v) is 9.63. The van der Waals surface area contributed by atoms with Gasteiger partial charge in [-0.15, -0.1) is 0 Å². The number of rotatable bonds is 3. The van der Waals surface area contributed by atoms with Crippen molar-refractivity contribution in [3.05, 3.63) is 59.4 Å². The number of nitrogens with zero attached hydrogens (tertiary/aromatic N) is 2. The van der Waals surface area contributed by atoms with E-state index in [1.165, 1.54) is 24.5 Å². The molecule has 4 rings (SSSR count). The van der Waals surface area contributed by atoms with E-state index in [1.54, 1.807) is 17.0 Å². The van der Waals surface area contributed by atoms with Crippen molar-refractivity contribution in [3.8, 4) is 0 Å². The van der Waals surface area contributed by atoms with Crippen LogP contribution in [0.5, 0.6) is 0 Å². The van der Waals surface area contributed by atoms with Crippen molar-refractivity contribution < 1.29 is 27.9 Å². The highest BCUT2D eigenvalue weighted by molar-refractivity contribution is 5.99. The van der Waals surface area contributed by atoms with Crippen molar-refractivity contribution in [3.63, 3.8) is 0 Å². The first-order valence-electron chi connectivity index (χ1n) is 9.63. The Labute approximate surface area is 170 Å². The van der Waals surface area contributed by atoms with Crippen LogP contribution in [0.4, 0.5) is 23.7 Å². The van der Waals surface area contributed by atoms with Crippen molar-refractivity contribution in [2.24, 2.45) is 11.8 Å². The minimum atomic E-state index is -4.38. The maximum atomic E-state index is 13.3. The average molecular weight is 419 g/mol. The number of aromatic nitrogens is 1. The third-order valence-electron chi connectivity index (χ3n) is 6.04. The molecule has 2 amide bonds. The number of carbonyl (C=O) groups is 2. The van der Waals surface area contributed by atoms with Gasteiger partial charge < -0.3 is 15.3 Å². The molecule has 30 heavy (non-hydrogen) atoms. The lowest BCUT2D eigenvalue weighted by atomic mass is 9.91. The van der Waals surface area contributed by atoms with E-state index in [1.807, 2.05) is 0 Å². The second-order valence-corrected chi connectivity index (χ2v) is 7.84. The summed E-state index contributed by atoms with van der Waals surface area (Å²) in [6, 6.07) is 6.72. The summed E-state index contributed by atoms with van der Waals surface area (Å²) in [7, 11) is 0. The van der Waals surface area contributed by atoms with E-state index in [4.69, 9.17) is 0 Å².